The highest BCUT2D eigenvalue weighted by molar-refractivity contribution is 5.94. The van der Waals surface area contributed by atoms with E-state index in [1.807, 2.05) is 0 Å². The second kappa shape index (κ2) is 3.49. The van der Waals surface area contributed by atoms with Crippen molar-refractivity contribution < 1.29 is 19.8 Å². The highest BCUT2D eigenvalue weighted by Gasteiger charge is 2.15. The summed E-state index contributed by atoms with van der Waals surface area (Å²) in [5.74, 6) is -1.52. The van der Waals surface area contributed by atoms with Gasteiger partial charge in [-0.2, -0.15) is 0 Å². The molecule has 1 rings (SSSR count). The van der Waals surface area contributed by atoms with Crippen molar-refractivity contribution in [3.63, 3.8) is 0 Å². The summed E-state index contributed by atoms with van der Waals surface area (Å²) in [4.78, 5) is 21.3. The molecule has 0 saturated carbocycles. The van der Waals surface area contributed by atoms with Gasteiger partial charge in [0.25, 0.3) is 0 Å². The number of carboxylic acids is 1. The summed E-state index contributed by atoms with van der Waals surface area (Å²) in [5, 5.41) is 18.2. The molecule has 0 radical (unpaired) electrons. The minimum absolute atomic E-state index is 0.241. The van der Waals surface area contributed by atoms with Crippen molar-refractivity contribution in [3.05, 3.63) is 28.3 Å². The van der Waals surface area contributed by atoms with Crippen LogP contribution in [-0.2, 0) is 0 Å². The van der Waals surface area contributed by atoms with Crippen molar-refractivity contribution in [2.24, 2.45) is 0 Å². The molecule has 0 aromatic heterocycles. The fourth-order valence-corrected chi connectivity index (χ4v) is 1.21. The first-order chi connectivity index (χ1) is 6.49. The van der Waals surface area contributed by atoms with Gasteiger partial charge < -0.3 is 10.2 Å². The van der Waals surface area contributed by atoms with Gasteiger partial charge in [0.2, 0.25) is 0 Å². The van der Waals surface area contributed by atoms with E-state index in [0.717, 1.165) is 0 Å². The van der Waals surface area contributed by atoms with Gasteiger partial charge in [-0.05, 0) is 31.0 Å². The first-order valence-corrected chi connectivity index (χ1v) is 4.00. The number of aromatic carboxylic acids is 1. The number of hydrogen-bond acceptors (Lipinski definition) is 3. The number of carbonyl (C=O) groups excluding carboxylic acids is 1. The van der Waals surface area contributed by atoms with E-state index in [4.69, 9.17) is 5.11 Å². The fraction of sp³-hybridized carbons (Fsp3) is 0.200. The van der Waals surface area contributed by atoms with Crippen molar-refractivity contribution in [2.45, 2.75) is 13.8 Å². The minimum atomic E-state index is -1.24. The van der Waals surface area contributed by atoms with Crippen LogP contribution >= 0.6 is 0 Å². The quantitative estimate of drug-likeness (QED) is 0.700. The average Bonchev–Trinajstić information content (AvgIpc) is 2.14. The van der Waals surface area contributed by atoms with Gasteiger partial charge >= 0.3 is 5.97 Å². The lowest BCUT2D eigenvalue weighted by Gasteiger charge is -2.08. The second-order valence-corrected chi connectivity index (χ2v) is 3.03. The maximum absolute atomic E-state index is 10.7. The molecule has 4 nitrogen and oxygen atoms in total. The van der Waals surface area contributed by atoms with Crippen LogP contribution in [0, 0.1) is 13.8 Å². The first-order valence-electron chi connectivity index (χ1n) is 4.00. The molecule has 4 heteroatoms. The minimum Gasteiger partial charge on any atom is -0.507 e. The lowest BCUT2D eigenvalue weighted by Crippen LogP contribution is -2.02. The molecule has 0 saturated heterocycles. The molecular formula is C10H10O4. The molecule has 14 heavy (non-hydrogen) atoms. The molecule has 1 aromatic carbocycles. The van der Waals surface area contributed by atoms with Crippen LogP contribution in [0.1, 0.15) is 31.8 Å². The summed E-state index contributed by atoms with van der Waals surface area (Å²) >= 11 is 0. The Morgan fingerprint density at radius 3 is 2.36 bits per heavy atom. The average molecular weight is 194 g/mol. The monoisotopic (exact) mass is 194 g/mol. The number of aldehydes is 1. The van der Waals surface area contributed by atoms with E-state index in [9.17, 15) is 14.7 Å². The third kappa shape index (κ3) is 1.46. The molecule has 0 aliphatic heterocycles. The molecule has 1 aromatic rings. The van der Waals surface area contributed by atoms with Crippen LogP contribution in [-0.4, -0.2) is 22.5 Å². The fourth-order valence-electron chi connectivity index (χ4n) is 1.21. The summed E-state index contributed by atoms with van der Waals surface area (Å²) in [6, 6.07) is 1.17. The molecule has 74 valence electrons. The lowest BCUT2D eigenvalue weighted by molar-refractivity contribution is 0.0693. The number of aromatic hydroxyl groups is 1. The number of carboxylic acid groups (broad SMARTS) is 1. The number of benzene rings is 1. The van der Waals surface area contributed by atoms with Crippen molar-refractivity contribution in [3.8, 4) is 5.75 Å². The molecule has 0 aliphatic rings. The van der Waals surface area contributed by atoms with E-state index >= 15 is 0 Å². The molecule has 0 unspecified atom stereocenters. The highest BCUT2D eigenvalue weighted by Crippen LogP contribution is 2.27. The summed E-state index contributed by atoms with van der Waals surface area (Å²) < 4.78 is 0. The maximum Gasteiger partial charge on any atom is 0.339 e. The molecule has 0 amide bonds. The zero-order chi connectivity index (χ0) is 10.9. The van der Waals surface area contributed by atoms with E-state index in [-0.39, 0.29) is 16.9 Å². The third-order valence-electron chi connectivity index (χ3n) is 2.26. The molecule has 0 bridgehead atoms. The van der Waals surface area contributed by atoms with Crippen LogP contribution in [0.15, 0.2) is 6.07 Å². The van der Waals surface area contributed by atoms with Gasteiger partial charge in [0.15, 0.2) is 0 Å². The summed E-state index contributed by atoms with van der Waals surface area (Å²) in [6.07, 6.45) is 0.578. The predicted octanol–water partition coefficient (Wildman–Crippen LogP) is 1.52. The standard InChI is InChI=1S/C10H10O4/c1-5-6(2)9(12)8(10(13)14)3-7(5)4-11/h3-4,12H,1-2H3,(H,13,14). The van der Waals surface area contributed by atoms with Gasteiger partial charge in [0, 0.05) is 5.56 Å². The molecule has 0 fully saturated rings. The predicted molar refractivity (Wildman–Crippen MR) is 49.9 cm³/mol. The Labute approximate surface area is 80.8 Å². The molecule has 2 N–H and O–H groups in total. The zero-order valence-electron chi connectivity index (χ0n) is 7.87. The number of rotatable bonds is 2. The van der Waals surface area contributed by atoms with E-state index < -0.39 is 5.97 Å². The lowest BCUT2D eigenvalue weighted by atomic mass is 9.99. The van der Waals surface area contributed by atoms with Gasteiger partial charge in [-0.1, -0.05) is 0 Å². The van der Waals surface area contributed by atoms with Crippen molar-refractivity contribution >= 4 is 12.3 Å². The Bertz CT molecular complexity index is 407. The van der Waals surface area contributed by atoms with Crippen LogP contribution in [0.5, 0.6) is 5.75 Å². The van der Waals surface area contributed by atoms with Crippen molar-refractivity contribution in [1.29, 1.82) is 0 Å². The van der Waals surface area contributed by atoms with Crippen molar-refractivity contribution in [2.75, 3.05) is 0 Å². The van der Waals surface area contributed by atoms with Crippen LogP contribution in [0.2, 0.25) is 0 Å². The van der Waals surface area contributed by atoms with Gasteiger partial charge in [-0.25, -0.2) is 4.79 Å². The summed E-state index contributed by atoms with van der Waals surface area (Å²) in [7, 11) is 0. The second-order valence-electron chi connectivity index (χ2n) is 3.03. The molecule has 0 atom stereocenters. The Kier molecular flexibility index (Phi) is 2.56. The Hall–Kier alpha value is -1.84. The van der Waals surface area contributed by atoms with E-state index in [1.54, 1.807) is 13.8 Å². The van der Waals surface area contributed by atoms with Gasteiger partial charge in [0.1, 0.15) is 17.6 Å². The number of hydrogen-bond donors (Lipinski definition) is 2. The molecule has 0 aliphatic carbocycles. The Morgan fingerprint density at radius 1 is 1.36 bits per heavy atom. The van der Waals surface area contributed by atoms with Gasteiger partial charge in [0.05, 0.1) is 0 Å². The summed E-state index contributed by atoms with van der Waals surface area (Å²) in [6.45, 7) is 3.23. The normalized spacial score (nSPS) is 9.86. The topological polar surface area (TPSA) is 74.6 Å². The van der Waals surface area contributed by atoms with Gasteiger partial charge in [-0.3, -0.25) is 4.79 Å². The van der Waals surface area contributed by atoms with E-state index in [0.29, 0.717) is 17.4 Å². The molecule has 0 heterocycles. The smallest absolute Gasteiger partial charge is 0.339 e. The zero-order valence-corrected chi connectivity index (χ0v) is 7.87. The van der Waals surface area contributed by atoms with E-state index in [2.05, 4.69) is 0 Å². The number of phenols is 1. The summed E-state index contributed by atoms with van der Waals surface area (Å²) in [5.41, 5.74) is 1.07. The Morgan fingerprint density at radius 2 is 1.93 bits per heavy atom. The molecule has 0 spiro atoms. The Balaban J connectivity index is 3.56. The molecular weight excluding hydrogens is 184 g/mol. The largest absolute Gasteiger partial charge is 0.507 e. The van der Waals surface area contributed by atoms with Crippen LogP contribution < -0.4 is 0 Å². The number of carbonyl (C=O) groups is 2. The van der Waals surface area contributed by atoms with E-state index in [1.165, 1.54) is 6.07 Å². The van der Waals surface area contributed by atoms with Crippen LogP contribution in [0.3, 0.4) is 0 Å². The van der Waals surface area contributed by atoms with Gasteiger partial charge in [-0.15, -0.1) is 0 Å². The van der Waals surface area contributed by atoms with Crippen molar-refractivity contribution in [1.82, 2.24) is 0 Å². The van der Waals surface area contributed by atoms with Crippen LogP contribution in [0.4, 0.5) is 0 Å². The highest BCUT2D eigenvalue weighted by atomic mass is 16.4. The first kappa shape index (κ1) is 10.2. The van der Waals surface area contributed by atoms with Crippen LogP contribution in [0.25, 0.3) is 0 Å². The third-order valence-corrected chi connectivity index (χ3v) is 2.26. The maximum atomic E-state index is 10.7. The SMILES string of the molecule is Cc1c(C=O)cc(C(=O)O)c(O)c1C.